The van der Waals surface area contributed by atoms with Crippen LogP contribution in [0, 0.1) is 5.92 Å². The van der Waals surface area contributed by atoms with Gasteiger partial charge in [-0.15, -0.1) is 0 Å². The van der Waals surface area contributed by atoms with Crippen LogP contribution in [0.5, 0.6) is 0 Å². The van der Waals surface area contributed by atoms with Crippen molar-refractivity contribution >= 4 is 17.5 Å². The highest BCUT2D eigenvalue weighted by Crippen LogP contribution is 2.22. The SMILES string of the molecule is O=C1CCC(C(=O)N2CCN(c3ccccc3)CC2)CN1CCCN1CCOCC1. The number of piperazine rings is 1. The summed E-state index contributed by atoms with van der Waals surface area (Å²) >= 11 is 0. The monoisotopic (exact) mass is 414 g/mol. The molecule has 0 spiro atoms. The Morgan fingerprint density at radius 3 is 2.43 bits per heavy atom. The topological polar surface area (TPSA) is 56.3 Å². The van der Waals surface area contributed by atoms with Crippen molar-refractivity contribution in [2.24, 2.45) is 5.92 Å². The van der Waals surface area contributed by atoms with E-state index in [0.717, 1.165) is 72.0 Å². The first-order valence-electron chi connectivity index (χ1n) is 11.4. The molecule has 164 valence electrons. The van der Waals surface area contributed by atoms with E-state index in [4.69, 9.17) is 4.74 Å². The van der Waals surface area contributed by atoms with Crippen LogP contribution in [-0.4, -0.2) is 98.6 Å². The maximum atomic E-state index is 13.1. The molecule has 1 unspecified atom stereocenters. The number of anilines is 1. The van der Waals surface area contributed by atoms with E-state index in [9.17, 15) is 9.59 Å². The number of ether oxygens (including phenoxy) is 1. The van der Waals surface area contributed by atoms with Crippen molar-refractivity contribution < 1.29 is 14.3 Å². The Morgan fingerprint density at radius 1 is 0.967 bits per heavy atom. The Kier molecular flexibility index (Phi) is 7.23. The first-order valence-corrected chi connectivity index (χ1v) is 11.4. The van der Waals surface area contributed by atoms with Gasteiger partial charge in [-0.25, -0.2) is 0 Å². The van der Waals surface area contributed by atoms with Gasteiger partial charge in [0.05, 0.1) is 19.1 Å². The molecule has 30 heavy (non-hydrogen) atoms. The van der Waals surface area contributed by atoms with Crippen molar-refractivity contribution in [3.8, 4) is 0 Å². The van der Waals surface area contributed by atoms with E-state index in [2.05, 4.69) is 34.1 Å². The summed E-state index contributed by atoms with van der Waals surface area (Å²) in [6.45, 7) is 9.13. The lowest BCUT2D eigenvalue weighted by Gasteiger charge is -2.39. The van der Waals surface area contributed by atoms with E-state index in [1.54, 1.807) is 0 Å². The summed E-state index contributed by atoms with van der Waals surface area (Å²) < 4.78 is 5.39. The zero-order chi connectivity index (χ0) is 20.8. The Labute approximate surface area is 179 Å². The van der Waals surface area contributed by atoms with Gasteiger partial charge in [-0.05, 0) is 25.0 Å². The predicted molar refractivity (Wildman–Crippen MR) is 116 cm³/mol. The summed E-state index contributed by atoms with van der Waals surface area (Å²) in [5.41, 5.74) is 1.22. The zero-order valence-corrected chi connectivity index (χ0v) is 17.9. The first kappa shape index (κ1) is 21.1. The van der Waals surface area contributed by atoms with Crippen molar-refractivity contribution in [1.29, 1.82) is 0 Å². The molecule has 7 nitrogen and oxygen atoms in total. The highest BCUT2D eigenvalue weighted by atomic mass is 16.5. The molecule has 0 bridgehead atoms. The first-order chi connectivity index (χ1) is 14.7. The van der Waals surface area contributed by atoms with Gasteiger partial charge in [0.1, 0.15) is 0 Å². The van der Waals surface area contributed by atoms with Gasteiger partial charge >= 0.3 is 0 Å². The van der Waals surface area contributed by atoms with Gasteiger partial charge in [-0.2, -0.15) is 0 Å². The molecule has 4 rings (SSSR count). The van der Waals surface area contributed by atoms with Gasteiger partial charge in [-0.1, -0.05) is 18.2 Å². The number of rotatable bonds is 6. The number of hydrogen-bond acceptors (Lipinski definition) is 5. The minimum atomic E-state index is -0.0469. The second-order valence-electron chi connectivity index (χ2n) is 8.53. The number of nitrogens with zero attached hydrogens (tertiary/aromatic N) is 4. The Hall–Kier alpha value is -2.12. The smallest absolute Gasteiger partial charge is 0.227 e. The minimum absolute atomic E-state index is 0.0469. The number of para-hydroxylation sites is 1. The van der Waals surface area contributed by atoms with Gasteiger partial charge in [0, 0.05) is 71.0 Å². The second-order valence-corrected chi connectivity index (χ2v) is 8.53. The van der Waals surface area contributed by atoms with Gasteiger partial charge in [0.2, 0.25) is 11.8 Å². The van der Waals surface area contributed by atoms with E-state index in [1.807, 2.05) is 15.9 Å². The van der Waals surface area contributed by atoms with E-state index >= 15 is 0 Å². The van der Waals surface area contributed by atoms with Crippen molar-refractivity contribution in [2.45, 2.75) is 19.3 Å². The number of benzene rings is 1. The van der Waals surface area contributed by atoms with E-state index in [1.165, 1.54) is 5.69 Å². The molecule has 3 heterocycles. The number of hydrogen-bond donors (Lipinski definition) is 0. The van der Waals surface area contributed by atoms with E-state index < -0.39 is 0 Å². The van der Waals surface area contributed by atoms with Crippen LogP contribution < -0.4 is 4.90 Å². The van der Waals surface area contributed by atoms with Crippen LogP contribution in [0.4, 0.5) is 5.69 Å². The van der Waals surface area contributed by atoms with Crippen LogP contribution in [0.25, 0.3) is 0 Å². The number of piperidine rings is 1. The molecule has 3 aliphatic heterocycles. The van der Waals surface area contributed by atoms with Crippen molar-refractivity contribution in [3.05, 3.63) is 30.3 Å². The molecule has 0 saturated carbocycles. The number of carbonyl (C=O) groups is 2. The third kappa shape index (κ3) is 5.32. The molecule has 3 aliphatic rings. The molecule has 1 aromatic rings. The molecule has 2 amide bonds. The molecular formula is C23H34N4O3. The number of amides is 2. The normalized spacial score (nSPS) is 23.7. The zero-order valence-electron chi connectivity index (χ0n) is 17.9. The van der Waals surface area contributed by atoms with E-state index in [0.29, 0.717) is 19.4 Å². The summed E-state index contributed by atoms with van der Waals surface area (Å²) in [6.07, 6.45) is 2.15. The summed E-state index contributed by atoms with van der Waals surface area (Å²) in [5, 5.41) is 0. The van der Waals surface area contributed by atoms with Crippen molar-refractivity contribution in [1.82, 2.24) is 14.7 Å². The van der Waals surface area contributed by atoms with Gasteiger partial charge in [-0.3, -0.25) is 14.5 Å². The van der Waals surface area contributed by atoms with Crippen LogP contribution in [0.1, 0.15) is 19.3 Å². The fourth-order valence-electron chi connectivity index (χ4n) is 4.72. The Balaban J connectivity index is 1.23. The Morgan fingerprint density at radius 2 is 1.70 bits per heavy atom. The van der Waals surface area contributed by atoms with Crippen LogP contribution >= 0.6 is 0 Å². The van der Waals surface area contributed by atoms with Crippen molar-refractivity contribution in [3.63, 3.8) is 0 Å². The van der Waals surface area contributed by atoms with Gasteiger partial charge in [0.15, 0.2) is 0 Å². The van der Waals surface area contributed by atoms with Crippen LogP contribution in [0.15, 0.2) is 30.3 Å². The second kappa shape index (κ2) is 10.3. The lowest BCUT2D eigenvalue weighted by molar-refractivity contribution is -0.143. The molecule has 0 aliphatic carbocycles. The lowest BCUT2D eigenvalue weighted by atomic mass is 9.95. The fourth-order valence-corrected chi connectivity index (χ4v) is 4.72. The molecule has 3 fully saturated rings. The molecule has 1 atom stereocenters. The summed E-state index contributed by atoms with van der Waals surface area (Å²) in [4.78, 5) is 34.2. The largest absolute Gasteiger partial charge is 0.379 e. The van der Waals surface area contributed by atoms with Crippen LogP contribution in [0.3, 0.4) is 0 Å². The summed E-state index contributed by atoms with van der Waals surface area (Å²) in [7, 11) is 0. The third-order valence-electron chi connectivity index (χ3n) is 6.57. The number of carbonyl (C=O) groups excluding carboxylic acids is 2. The molecule has 0 N–H and O–H groups in total. The fraction of sp³-hybridized carbons (Fsp3) is 0.652. The number of likely N-dealkylation sites (tertiary alicyclic amines) is 1. The lowest BCUT2D eigenvalue weighted by Crippen LogP contribution is -2.53. The highest BCUT2D eigenvalue weighted by Gasteiger charge is 2.33. The maximum Gasteiger partial charge on any atom is 0.227 e. The molecular weight excluding hydrogens is 380 g/mol. The number of morpholine rings is 1. The van der Waals surface area contributed by atoms with Gasteiger partial charge in [0.25, 0.3) is 0 Å². The van der Waals surface area contributed by atoms with E-state index in [-0.39, 0.29) is 17.7 Å². The standard InChI is InChI=1S/C23H34N4O3/c28-22-8-7-20(19-27(22)10-4-9-24-15-17-30-18-16-24)23(29)26-13-11-25(12-14-26)21-5-2-1-3-6-21/h1-3,5-6,20H,4,7-19H2. The average Bonchev–Trinajstić information content (AvgIpc) is 2.81. The minimum Gasteiger partial charge on any atom is -0.379 e. The molecule has 3 saturated heterocycles. The molecule has 0 aromatic heterocycles. The Bertz CT molecular complexity index is 700. The molecule has 0 radical (unpaired) electrons. The third-order valence-corrected chi connectivity index (χ3v) is 6.57. The quantitative estimate of drug-likeness (QED) is 0.702. The highest BCUT2D eigenvalue weighted by molar-refractivity contribution is 5.84. The van der Waals surface area contributed by atoms with Crippen LogP contribution in [-0.2, 0) is 14.3 Å². The van der Waals surface area contributed by atoms with Crippen molar-refractivity contribution in [2.75, 3.05) is 77.0 Å². The van der Waals surface area contributed by atoms with Crippen LogP contribution in [0.2, 0.25) is 0 Å². The predicted octanol–water partition coefficient (Wildman–Crippen LogP) is 1.30. The van der Waals surface area contributed by atoms with Gasteiger partial charge < -0.3 is 19.4 Å². The molecule has 7 heteroatoms. The summed E-state index contributed by atoms with van der Waals surface area (Å²) in [5.74, 6) is 0.387. The average molecular weight is 415 g/mol. The molecule has 1 aromatic carbocycles. The maximum absolute atomic E-state index is 13.1. The summed E-state index contributed by atoms with van der Waals surface area (Å²) in [6, 6.07) is 10.4.